The lowest BCUT2D eigenvalue weighted by Gasteiger charge is -2.13. The Morgan fingerprint density at radius 3 is 2.68 bits per heavy atom. The number of carbonyl (C=O) groups excluding carboxylic acids is 4. The van der Waals surface area contributed by atoms with Crippen LogP contribution in [0.5, 0.6) is 0 Å². The Labute approximate surface area is 160 Å². The number of fused-ring (bicyclic) bond motifs is 1. The lowest BCUT2D eigenvalue weighted by Crippen LogP contribution is -2.35. The summed E-state index contributed by atoms with van der Waals surface area (Å²) in [6, 6.07) is 7.40. The van der Waals surface area contributed by atoms with E-state index < -0.39 is 29.8 Å². The molecule has 8 heteroatoms. The molecule has 3 rings (SSSR count). The molecule has 0 unspecified atom stereocenters. The fraction of sp³-hybridized carbons (Fsp3) is 0.200. The van der Waals surface area contributed by atoms with Crippen molar-refractivity contribution in [2.24, 2.45) is 0 Å². The van der Waals surface area contributed by atoms with Crippen LogP contribution in [-0.4, -0.2) is 41.2 Å². The van der Waals surface area contributed by atoms with Crippen LogP contribution in [0.15, 0.2) is 53.7 Å². The van der Waals surface area contributed by atoms with Gasteiger partial charge in [-0.05, 0) is 37.3 Å². The summed E-state index contributed by atoms with van der Waals surface area (Å²) >= 11 is 0. The number of amides is 3. The van der Waals surface area contributed by atoms with Gasteiger partial charge in [0.2, 0.25) is 0 Å². The van der Waals surface area contributed by atoms with E-state index in [4.69, 9.17) is 9.15 Å². The molecule has 144 valence electrons. The predicted molar refractivity (Wildman–Crippen MR) is 97.4 cm³/mol. The van der Waals surface area contributed by atoms with Crippen LogP contribution in [0.3, 0.4) is 0 Å². The topological polar surface area (TPSA) is 106 Å². The van der Waals surface area contributed by atoms with Crippen LogP contribution in [0.25, 0.3) is 0 Å². The van der Waals surface area contributed by atoms with Crippen LogP contribution in [0, 0.1) is 0 Å². The summed E-state index contributed by atoms with van der Waals surface area (Å²) in [5.41, 5.74) is 0.378. The first-order valence-corrected chi connectivity index (χ1v) is 8.54. The van der Waals surface area contributed by atoms with Crippen molar-refractivity contribution in [2.45, 2.75) is 19.6 Å². The van der Waals surface area contributed by atoms with Crippen molar-refractivity contribution in [2.75, 3.05) is 6.54 Å². The summed E-state index contributed by atoms with van der Waals surface area (Å²) in [5, 5.41) is 2.52. The minimum Gasteiger partial charge on any atom is -0.467 e. The monoisotopic (exact) mass is 382 g/mol. The maximum Gasteiger partial charge on any atom is 0.338 e. The number of hydrogen-bond acceptors (Lipinski definition) is 6. The fourth-order valence-corrected chi connectivity index (χ4v) is 2.72. The van der Waals surface area contributed by atoms with E-state index >= 15 is 0 Å². The first-order chi connectivity index (χ1) is 13.4. The molecule has 0 saturated carbocycles. The van der Waals surface area contributed by atoms with Crippen LogP contribution in [0.2, 0.25) is 0 Å². The zero-order valence-electron chi connectivity index (χ0n) is 15.1. The number of carbonyl (C=O) groups is 4. The molecule has 0 fully saturated rings. The van der Waals surface area contributed by atoms with Crippen LogP contribution < -0.4 is 5.32 Å². The van der Waals surface area contributed by atoms with Crippen molar-refractivity contribution in [3.63, 3.8) is 0 Å². The first kappa shape index (κ1) is 19.1. The van der Waals surface area contributed by atoms with Crippen LogP contribution >= 0.6 is 0 Å². The van der Waals surface area contributed by atoms with Crippen molar-refractivity contribution in [3.8, 4) is 0 Å². The molecule has 0 aliphatic carbocycles. The fourth-order valence-electron chi connectivity index (χ4n) is 2.72. The Hall–Kier alpha value is -3.68. The Morgan fingerprint density at radius 1 is 1.25 bits per heavy atom. The number of benzene rings is 1. The van der Waals surface area contributed by atoms with Gasteiger partial charge in [-0.25, -0.2) is 4.79 Å². The zero-order chi connectivity index (χ0) is 20.3. The molecular weight excluding hydrogens is 364 g/mol. The molecule has 0 radical (unpaired) electrons. The van der Waals surface area contributed by atoms with Gasteiger partial charge in [-0.3, -0.25) is 19.3 Å². The van der Waals surface area contributed by atoms with E-state index in [1.165, 1.54) is 37.5 Å². The van der Waals surface area contributed by atoms with Gasteiger partial charge in [0.05, 0.1) is 29.5 Å². The first-order valence-electron chi connectivity index (χ1n) is 8.54. The largest absolute Gasteiger partial charge is 0.467 e. The van der Waals surface area contributed by atoms with Gasteiger partial charge in [-0.1, -0.05) is 6.08 Å². The van der Waals surface area contributed by atoms with Crippen LogP contribution in [0.4, 0.5) is 0 Å². The second-order valence-corrected chi connectivity index (χ2v) is 6.12. The Bertz CT molecular complexity index is 948. The number of nitrogens with zero attached hydrogens (tertiary/aromatic N) is 1. The van der Waals surface area contributed by atoms with E-state index in [0.29, 0.717) is 5.76 Å². The van der Waals surface area contributed by atoms with Gasteiger partial charge in [0.15, 0.2) is 6.10 Å². The van der Waals surface area contributed by atoms with Crippen molar-refractivity contribution >= 4 is 23.7 Å². The van der Waals surface area contributed by atoms with Crippen molar-refractivity contribution < 1.29 is 28.3 Å². The van der Waals surface area contributed by atoms with Gasteiger partial charge in [-0.15, -0.1) is 6.58 Å². The molecule has 1 aromatic heterocycles. The van der Waals surface area contributed by atoms with E-state index in [9.17, 15) is 19.2 Å². The van der Waals surface area contributed by atoms with Gasteiger partial charge in [0, 0.05) is 6.54 Å². The lowest BCUT2D eigenvalue weighted by atomic mass is 10.1. The van der Waals surface area contributed by atoms with E-state index in [2.05, 4.69) is 11.9 Å². The zero-order valence-corrected chi connectivity index (χ0v) is 15.1. The second-order valence-electron chi connectivity index (χ2n) is 6.12. The minimum absolute atomic E-state index is 0.000362. The Balaban J connectivity index is 1.74. The molecule has 0 spiro atoms. The van der Waals surface area contributed by atoms with Crippen molar-refractivity contribution in [3.05, 3.63) is 71.7 Å². The Morgan fingerprint density at radius 2 is 2.00 bits per heavy atom. The highest BCUT2D eigenvalue weighted by Crippen LogP contribution is 2.26. The Kier molecular flexibility index (Phi) is 5.39. The number of furan rings is 1. The molecule has 1 aliphatic heterocycles. The smallest absolute Gasteiger partial charge is 0.338 e. The van der Waals surface area contributed by atoms with Gasteiger partial charge in [0.1, 0.15) is 5.76 Å². The highest BCUT2D eigenvalue weighted by Gasteiger charge is 2.36. The number of ether oxygens (including phenoxy) is 1. The molecule has 1 atom stereocenters. The normalized spacial score (nSPS) is 13.8. The maximum absolute atomic E-state index is 12.6. The number of esters is 1. The number of hydrogen-bond donors (Lipinski definition) is 1. The second kappa shape index (κ2) is 7.91. The lowest BCUT2D eigenvalue weighted by molar-refractivity contribution is -0.128. The molecule has 28 heavy (non-hydrogen) atoms. The molecule has 0 bridgehead atoms. The predicted octanol–water partition coefficient (Wildman–Crippen LogP) is 1.92. The summed E-state index contributed by atoms with van der Waals surface area (Å²) in [6.45, 7) is 5.17. The molecule has 3 amide bonds. The molecular formula is C20H18N2O6. The van der Waals surface area contributed by atoms with E-state index in [0.717, 1.165) is 4.90 Å². The molecule has 0 saturated heterocycles. The average Bonchev–Trinajstić information content (AvgIpc) is 3.28. The summed E-state index contributed by atoms with van der Waals surface area (Å²) in [6.07, 6.45) is 1.94. The van der Waals surface area contributed by atoms with Gasteiger partial charge >= 0.3 is 5.97 Å². The summed E-state index contributed by atoms with van der Waals surface area (Å²) in [4.78, 5) is 50.2. The van der Waals surface area contributed by atoms with E-state index in [1.807, 2.05) is 0 Å². The summed E-state index contributed by atoms with van der Waals surface area (Å²) in [5.74, 6) is -1.76. The molecule has 1 aromatic carbocycles. The van der Waals surface area contributed by atoms with Gasteiger partial charge < -0.3 is 14.5 Å². The molecule has 8 nitrogen and oxygen atoms in total. The van der Waals surface area contributed by atoms with Crippen molar-refractivity contribution in [1.29, 1.82) is 0 Å². The number of nitrogens with one attached hydrogen (secondary N) is 1. The third-order valence-corrected chi connectivity index (χ3v) is 4.17. The van der Waals surface area contributed by atoms with Crippen LogP contribution in [-0.2, 0) is 16.1 Å². The standard InChI is InChI=1S/C20H18N2O6/c1-3-8-21-17(23)12(2)28-20(26)13-6-7-15-16(10-13)19(25)22(18(15)24)11-14-5-4-9-27-14/h3-7,9-10,12H,1,8,11H2,2H3,(H,21,23)/t12-/m0/s1. The van der Waals surface area contributed by atoms with E-state index in [1.54, 1.807) is 12.1 Å². The summed E-state index contributed by atoms with van der Waals surface area (Å²) < 4.78 is 10.3. The minimum atomic E-state index is -1.02. The summed E-state index contributed by atoms with van der Waals surface area (Å²) in [7, 11) is 0. The SMILES string of the molecule is C=CCNC(=O)[C@H](C)OC(=O)c1ccc2c(c1)C(=O)N(Cc1ccco1)C2=O. The van der Waals surface area contributed by atoms with Crippen LogP contribution in [0.1, 0.15) is 43.8 Å². The highest BCUT2D eigenvalue weighted by molar-refractivity contribution is 6.21. The molecule has 2 heterocycles. The van der Waals surface area contributed by atoms with Gasteiger partial charge in [0.25, 0.3) is 17.7 Å². The third-order valence-electron chi connectivity index (χ3n) is 4.17. The molecule has 1 N–H and O–H groups in total. The van der Waals surface area contributed by atoms with Gasteiger partial charge in [-0.2, -0.15) is 0 Å². The highest BCUT2D eigenvalue weighted by atomic mass is 16.5. The van der Waals surface area contributed by atoms with Crippen molar-refractivity contribution in [1.82, 2.24) is 10.2 Å². The molecule has 2 aromatic rings. The quantitative estimate of drug-likeness (QED) is 0.446. The average molecular weight is 382 g/mol. The molecule has 1 aliphatic rings. The number of imide groups is 1. The van der Waals surface area contributed by atoms with E-state index in [-0.39, 0.29) is 29.8 Å². The third kappa shape index (κ3) is 3.71. The number of rotatable bonds is 7. The maximum atomic E-state index is 12.6.